The Labute approximate surface area is 338 Å². The van der Waals surface area contributed by atoms with Gasteiger partial charge in [-0.1, -0.05) is 62.7 Å². The lowest BCUT2D eigenvalue weighted by atomic mass is 9.76. The molecule has 5 atom stereocenters. The lowest BCUT2D eigenvalue weighted by Crippen LogP contribution is -2.48. The molecule has 1 saturated heterocycles. The number of likely N-dealkylation sites (tertiary alicyclic amines) is 1. The highest BCUT2D eigenvalue weighted by atomic mass is 35.5. The van der Waals surface area contributed by atoms with E-state index in [4.69, 9.17) is 30.7 Å². The second-order valence-electron chi connectivity index (χ2n) is 16.5. The van der Waals surface area contributed by atoms with Gasteiger partial charge in [-0.05, 0) is 79.0 Å². The largest absolute Gasteiger partial charge is 0.470 e. The number of thiophene rings is 1. The molecule has 2 amide bonds. The Bertz CT molecular complexity index is 2530. The summed E-state index contributed by atoms with van der Waals surface area (Å²) in [6.07, 6.45) is 2.10. The molecule has 5 aromatic rings. The highest BCUT2D eigenvalue weighted by Gasteiger charge is 2.61. The van der Waals surface area contributed by atoms with Crippen LogP contribution in [-0.2, 0) is 30.8 Å². The third-order valence-corrected chi connectivity index (χ3v) is 14.5. The topological polar surface area (TPSA) is 149 Å². The lowest BCUT2D eigenvalue weighted by molar-refractivity contribution is -0.144. The quantitative estimate of drug-likeness (QED) is 0.117. The van der Waals surface area contributed by atoms with Crippen LogP contribution >= 0.6 is 22.9 Å². The van der Waals surface area contributed by atoms with Gasteiger partial charge < -0.3 is 14.1 Å². The maximum absolute atomic E-state index is 14.9. The fraction of sp³-hybridized carbons (Fsp3) is 0.405. The number of amides is 2. The van der Waals surface area contributed by atoms with Crippen molar-refractivity contribution >= 4 is 72.6 Å². The number of nitrogens with one attached hydrogen (secondary N) is 1. The maximum atomic E-state index is 14.9. The Morgan fingerprint density at radius 3 is 2.51 bits per heavy atom. The van der Waals surface area contributed by atoms with Gasteiger partial charge in [0.05, 0.1) is 32.5 Å². The molecule has 15 heteroatoms. The van der Waals surface area contributed by atoms with Crippen LogP contribution in [0.3, 0.4) is 0 Å². The van der Waals surface area contributed by atoms with Gasteiger partial charge in [-0.2, -0.15) is 4.98 Å². The molecule has 0 bridgehead atoms. The number of ketones is 1. The van der Waals surface area contributed by atoms with Gasteiger partial charge in [-0.3, -0.25) is 19.1 Å². The first kappa shape index (κ1) is 39.2. The maximum Gasteiger partial charge on any atom is 0.262 e. The van der Waals surface area contributed by atoms with E-state index in [-0.39, 0.29) is 44.0 Å². The predicted molar refractivity (Wildman–Crippen MR) is 216 cm³/mol. The van der Waals surface area contributed by atoms with Crippen LogP contribution < -0.4 is 9.46 Å². The minimum atomic E-state index is -3.87. The smallest absolute Gasteiger partial charge is 0.262 e. The zero-order chi connectivity index (χ0) is 40.4. The second-order valence-corrected chi connectivity index (χ2v) is 20.2. The van der Waals surface area contributed by atoms with Crippen LogP contribution in [0.2, 0.25) is 4.34 Å². The van der Waals surface area contributed by atoms with Crippen LogP contribution in [0.25, 0.3) is 32.8 Å². The number of carbonyl (C=O) groups is 3. The number of para-hydroxylation sites is 1. The van der Waals surface area contributed by atoms with Crippen molar-refractivity contribution in [1.29, 1.82) is 0 Å². The Hall–Kier alpha value is -4.66. The first-order valence-electron chi connectivity index (χ1n) is 18.9. The van der Waals surface area contributed by atoms with Crippen LogP contribution in [0.1, 0.15) is 58.4 Å². The molecular formula is C42H42ClFN4O7S2. The summed E-state index contributed by atoms with van der Waals surface area (Å²) in [4.78, 5) is 55.0. The van der Waals surface area contributed by atoms with Crippen molar-refractivity contribution < 1.29 is 36.3 Å². The molecule has 11 nitrogen and oxygen atoms in total. The minimum absolute atomic E-state index is 0.0112. The number of halogens is 2. The molecule has 3 aliphatic rings. The molecule has 0 unspecified atom stereocenters. The standard InChI is InChI=1S/C42H42ClFN4O7S2/c1-5-24-20-42(24,40(51)47-57(52,53)27-14-15-27)21-31(49)30-19-26(22-48(30)39(50)29(41(2,3)4)18-23-10-12-25(44)13-11-23)54-38-36-35(28-8-6-7-9-32(28)55-36)45-37(46-38)33-16-17-34(43)56-33/h5-13,16-17,24,26-27,29-30H,1,14-15,18-22H2,2-4H3,(H,47,51)/t24-,26-,29-,30+,42-/m1/s1. The molecule has 2 aromatic carbocycles. The van der Waals surface area contributed by atoms with Crippen LogP contribution in [0.4, 0.5) is 4.39 Å². The number of carbonyl (C=O) groups excluding carboxylic acids is 3. The average molecular weight is 833 g/mol. The van der Waals surface area contributed by atoms with Gasteiger partial charge in [0.25, 0.3) is 5.88 Å². The Kier molecular flexibility index (Phi) is 10.0. The molecule has 3 aromatic heterocycles. The molecule has 2 aliphatic carbocycles. The van der Waals surface area contributed by atoms with E-state index in [1.807, 2.05) is 51.1 Å². The number of Topliss-reactive ketones (excluding diaryl/α,β-unsaturated/α-hetero) is 1. The number of ether oxygens (including phenoxy) is 1. The number of sulfonamides is 1. The number of aromatic nitrogens is 2. The number of allylic oxidation sites excluding steroid dienone is 1. The van der Waals surface area contributed by atoms with Gasteiger partial charge in [0, 0.05) is 24.1 Å². The lowest BCUT2D eigenvalue weighted by Gasteiger charge is -2.35. The van der Waals surface area contributed by atoms with Crippen LogP contribution in [-0.4, -0.2) is 64.8 Å². The summed E-state index contributed by atoms with van der Waals surface area (Å²) in [5.74, 6) is -2.35. The van der Waals surface area contributed by atoms with E-state index >= 15 is 0 Å². The van der Waals surface area contributed by atoms with Gasteiger partial charge in [0.2, 0.25) is 27.4 Å². The summed E-state index contributed by atoms with van der Waals surface area (Å²) in [6.45, 7) is 9.67. The van der Waals surface area contributed by atoms with E-state index in [9.17, 15) is 27.2 Å². The molecule has 0 spiro atoms. The summed E-state index contributed by atoms with van der Waals surface area (Å²) in [5, 5.41) is 0.131. The summed E-state index contributed by atoms with van der Waals surface area (Å²) >= 11 is 7.60. The number of nitrogens with zero attached hydrogens (tertiary/aromatic N) is 3. The van der Waals surface area contributed by atoms with E-state index in [0.29, 0.717) is 44.6 Å². The molecule has 2 saturated carbocycles. The number of fused-ring (bicyclic) bond motifs is 3. The van der Waals surface area contributed by atoms with E-state index in [0.717, 1.165) is 10.9 Å². The molecule has 4 heterocycles. The zero-order valence-corrected chi connectivity index (χ0v) is 34.1. The van der Waals surface area contributed by atoms with Crippen molar-refractivity contribution in [2.75, 3.05) is 6.54 Å². The van der Waals surface area contributed by atoms with Crippen molar-refractivity contribution in [2.45, 2.75) is 76.7 Å². The molecule has 1 aliphatic heterocycles. The molecule has 57 heavy (non-hydrogen) atoms. The summed E-state index contributed by atoms with van der Waals surface area (Å²) in [7, 11) is -3.87. The summed E-state index contributed by atoms with van der Waals surface area (Å²) < 4.78 is 55.2. The minimum Gasteiger partial charge on any atom is -0.470 e. The predicted octanol–water partition coefficient (Wildman–Crippen LogP) is 7.91. The van der Waals surface area contributed by atoms with Crippen molar-refractivity contribution in [1.82, 2.24) is 19.6 Å². The van der Waals surface area contributed by atoms with Gasteiger partial charge >= 0.3 is 0 Å². The molecular weight excluding hydrogens is 791 g/mol. The van der Waals surface area contributed by atoms with Crippen LogP contribution in [0.15, 0.2) is 77.7 Å². The van der Waals surface area contributed by atoms with Crippen molar-refractivity contribution in [3.8, 4) is 16.6 Å². The highest BCUT2D eigenvalue weighted by Crippen LogP contribution is 2.57. The second kappa shape index (κ2) is 14.6. The molecule has 3 fully saturated rings. The van der Waals surface area contributed by atoms with E-state index in [1.54, 1.807) is 24.3 Å². The number of furan rings is 1. The van der Waals surface area contributed by atoms with Gasteiger partial charge in [-0.25, -0.2) is 17.8 Å². The van der Waals surface area contributed by atoms with E-state index in [2.05, 4.69) is 11.3 Å². The van der Waals surface area contributed by atoms with Crippen molar-refractivity contribution in [3.63, 3.8) is 0 Å². The SMILES string of the molecule is C=C[C@@H]1C[C@]1(CC(=O)[C@@H]1C[C@@H](Oc2nc(-c3ccc(Cl)s3)nc3c2oc2ccccc23)CN1C(=O)[C@@H](Cc1ccc(F)cc1)C(C)(C)C)C(=O)NS(=O)(=O)C1CC1. The first-order valence-corrected chi connectivity index (χ1v) is 21.7. The fourth-order valence-corrected chi connectivity index (χ4v) is 10.3. The summed E-state index contributed by atoms with van der Waals surface area (Å²) in [6, 6.07) is 16.0. The normalized spacial score (nSPS) is 22.8. The van der Waals surface area contributed by atoms with Crippen LogP contribution in [0.5, 0.6) is 5.88 Å². The van der Waals surface area contributed by atoms with E-state index in [1.165, 1.54) is 28.4 Å². The highest BCUT2D eigenvalue weighted by molar-refractivity contribution is 7.90. The monoisotopic (exact) mass is 832 g/mol. The van der Waals surface area contributed by atoms with Crippen molar-refractivity contribution in [3.05, 3.63) is 89.0 Å². The molecule has 1 N–H and O–H groups in total. The van der Waals surface area contributed by atoms with Crippen LogP contribution in [0, 0.1) is 28.5 Å². The number of hydrogen-bond acceptors (Lipinski definition) is 10. The number of rotatable bonds is 13. The van der Waals surface area contributed by atoms with Gasteiger partial charge in [-0.15, -0.1) is 17.9 Å². The fourth-order valence-electron chi connectivity index (χ4n) is 7.91. The zero-order valence-electron chi connectivity index (χ0n) is 31.7. The van der Waals surface area contributed by atoms with Gasteiger partial charge in [0.1, 0.15) is 23.0 Å². The third-order valence-electron chi connectivity index (χ3n) is 11.4. The van der Waals surface area contributed by atoms with E-state index < -0.39 is 67.6 Å². The average Bonchev–Trinajstić information content (AvgIpc) is 4.01. The van der Waals surface area contributed by atoms with Crippen molar-refractivity contribution in [2.24, 2.45) is 22.7 Å². The Balaban J connectivity index is 1.14. The number of benzene rings is 2. The molecule has 8 rings (SSSR count). The summed E-state index contributed by atoms with van der Waals surface area (Å²) in [5.41, 5.74) is 0.276. The number of hydrogen-bond donors (Lipinski definition) is 1. The first-order chi connectivity index (χ1) is 27.1. The molecule has 298 valence electrons. The Morgan fingerprint density at radius 2 is 1.86 bits per heavy atom. The van der Waals surface area contributed by atoms with Gasteiger partial charge in [0.15, 0.2) is 11.6 Å². The third kappa shape index (κ3) is 7.71. The Morgan fingerprint density at radius 1 is 1.12 bits per heavy atom. The molecule has 0 radical (unpaired) electrons.